The number of aliphatic hydroxyl groups is 1. The Morgan fingerprint density at radius 1 is 1.41 bits per heavy atom. The maximum atomic E-state index is 12.6. The smallest absolute Gasteiger partial charge is 0.160 e. The Balaban J connectivity index is 2.85. The molecule has 0 aromatic carbocycles. The Bertz CT molecular complexity index is 506. The van der Waals surface area contributed by atoms with Gasteiger partial charge in [0.15, 0.2) is 5.78 Å². The van der Waals surface area contributed by atoms with E-state index in [4.69, 9.17) is 4.52 Å². The van der Waals surface area contributed by atoms with Crippen LogP contribution in [-0.2, 0) is 16.6 Å². The predicted molar refractivity (Wildman–Crippen MR) is 86.9 cm³/mol. The number of rotatable bonds is 8. The summed E-state index contributed by atoms with van der Waals surface area (Å²) in [6, 6.07) is 2.10. The van der Waals surface area contributed by atoms with Crippen molar-refractivity contribution in [2.24, 2.45) is 0 Å². The summed E-state index contributed by atoms with van der Waals surface area (Å²) in [5.41, 5.74) is -0.353. The van der Waals surface area contributed by atoms with E-state index in [1.54, 1.807) is 6.07 Å². The lowest BCUT2D eigenvalue weighted by atomic mass is 9.89. The predicted octanol–water partition coefficient (Wildman–Crippen LogP) is 2.57. The molecular weight excluding hydrogens is 280 g/mol. The molecule has 1 aromatic heterocycles. The summed E-state index contributed by atoms with van der Waals surface area (Å²) in [5.74, 6) is 0.645. The molecule has 0 bridgehead atoms. The standard InChI is InChI=1S/C17H30N2O3/c1-8-12(2)19(7)17(5,6)15(21)10-13-9-14(18-22-13)16(3,4)11-20/h9,12,20H,8,10-11H2,1-7H3/t12-/m0/s1. The van der Waals surface area contributed by atoms with Crippen LogP contribution in [0.25, 0.3) is 0 Å². The molecular formula is C17H30N2O3. The molecule has 0 unspecified atom stereocenters. The topological polar surface area (TPSA) is 66.6 Å². The fourth-order valence-corrected chi connectivity index (χ4v) is 2.19. The van der Waals surface area contributed by atoms with E-state index in [0.717, 1.165) is 6.42 Å². The van der Waals surface area contributed by atoms with Crippen molar-refractivity contribution < 1.29 is 14.4 Å². The van der Waals surface area contributed by atoms with Gasteiger partial charge in [-0.1, -0.05) is 25.9 Å². The summed E-state index contributed by atoms with van der Waals surface area (Å²) < 4.78 is 5.28. The molecule has 0 spiro atoms. The summed E-state index contributed by atoms with van der Waals surface area (Å²) >= 11 is 0. The highest BCUT2D eigenvalue weighted by molar-refractivity contribution is 5.89. The Morgan fingerprint density at radius 2 is 2.00 bits per heavy atom. The largest absolute Gasteiger partial charge is 0.395 e. The molecule has 0 radical (unpaired) electrons. The maximum Gasteiger partial charge on any atom is 0.160 e. The lowest BCUT2D eigenvalue weighted by Gasteiger charge is -2.38. The summed E-state index contributed by atoms with van der Waals surface area (Å²) in [5, 5.41) is 13.4. The zero-order chi connectivity index (χ0) is 17.1. The minimum atomic E-state index is -0.561. The number of carbonyl (C=O) groups excluding carboxylic acids is 1. The second-order valence-corrected chi connectivity index (χ2v) is 7.25. The van der Waals surface area contributed by atoms with Crippen molar-refractivity contribution in [3.63, 3.8) is 0 Å². The molecule has 1 rings (SSSR count). The number of Topliss-reactive ketones (excluding diaryl/α,β-unsaturated/α-hetero) is 1. The number of hydrogen-bond donors (Lipinski definition) is 1. The highest BCUT2D eigenvalue weighted by Crippen LogP contribution is 2.24. The van der Waals surface area contributed by atoms with Crippen LogP contribution in [0.1, 0.15) is 59.4 Å². The molecule has 22 heavy (non-hydrogen) atoms. The van der Waals surface area contributed by atoms with Crippen LogP contribution >= 0.6 is 0 Å². The van der Waals surface area contributed by atoms with E-state index in [0.29, 0.717) is 17.5 Å². The van der Waals surface area contributed by atoms with Crippen molar-refractivity contribution in [1.82, 2.24) is 10.1 Å². The second kappa shape index (κ2) is 6.92. The molecule has 1 atom stereocenters. The van der Waals surface area contributed by atoms with Gasteiger partial charge in [0.1, 0.15) is 5.76 Å². The van der Waals surface area contributed by atoms with Crippen molar-refractivity contribution >= 4 is 5.78 Å². The van der Waals surface area contributed by atoms with E-state index >= 15 is 0 Å². The molecule has 5 nitrogen and oxygen atoms in total. The summed E-state index contributed by atoms with van der Waals surface area (Å²) in [6.45, 7) is 11.9. The van der Waals surface area contributed by atoms with Gasteiger partial charge in [-0.15, -0.1) is 0 Å². The molecule has 1 N–H and O–H groups in total. The van der Waals surface area contributed by atoms with Gasteiger partial charge in [-0.05, 0) is 34.2 Å². The zero-order valence-corrected chi connectivity index (χ0v) is 14.9. The van der Waals surface area contributed by atoms with Crippen molar-refractivity contribution in [3.8, 4) is 0 Å². The van der Waals surface area contributed by atoms with Crippen LogP contribution in [0.4, 0.5) is 0 Å². The van der Waals surface area contributed by atoms with Crippen LogP contribution in [0.3, 0.4) is 0 Å². The van der Waals surface area contributed by atoms with Crippen LogP contribution in [0.15, 0.2) is 10.6 Å². The monoisotopic (exact) mass is 310 g/mol. The highest BCUT2D eigenvalue weighted by atomic mass is 16.5. The van der Waals surface area contributed by atoms with Crippen LogP contribution in [0, 0.1) is 0 Å². The first-order valence-corrected chi connectivity index (χ1v) is 7.89. The molecule has 0 aliphatic rings. The molecule has 0 aliphatic carbocycles. The minimum absolute atomic E-state index is 0.0187. The molecule has 0 saturated heterocycles. The van der Waals surface area contributed by atoms with Crippen LogP contribution < -0.4 is 0 Å². The van der Waals surface area contributed by atoms with Gasteiger partial charge >= 0.3 is 0 Å². The molecule has 0 amide bonds. The first-order chi connectivity index (χ1) is 10.1. The number of hydrogen-bond acceptors (Lipinski definition) is 5. The van der Waals surface area contributed by atoms with E-state index in [1.807, 2.05) is 34.7 Å². The van der Waals surface area contributed by atoms with Gasteiger partial charge in [0, 0.05) is 17.5 Å². The molecule has 0 fully saturated rings. The molecule has 0 saturated carbocycles. The Hall–Kier alpha value is -1.20. The first-order valence-electron chi connectivity index (χ1n) is 7.89. The SMILES string of the molecule is CC[C@H](C)N(C)C(C)(C)C(=O)Cc1cc(C(C)(C)CO)no1. The Kier molecular flexibility index (Phi) is 5.93. The van der Waals surface area contributed by atoms with Gasteiger partial charge in [0.05, 0.1) is 24.3 Å². The number of aromatic nitrogens is 1. The van der Waals surface area contributed by atoms with Crippen molar-refractivity contribution in [2.75, 3.05) is 13.7 Å². The average Bonchev–Trinajstić information content (AvgIpc) is 2.94. The summed E-state index contributed by atoms with van der Waals surface area (Å²) in [4.78, 5) is 14.7. The van der Waals surface area contributed by atoms with E-state index in [9.17, 15) is 9.90 Å². The normalized spacial score (nSPS) is 14.4. The lowest BCUT2D eigenvalue weighted by Crippen LogP contribution is -2.52. The highest BCUT2D eigenvalue weighted by Gasteiger charge is 2.35. The van der Waals surface area contributed by atoms with Crippen LogP contribution in [0.5, 0.6) is 0 Å². The van der Waals surface area contributed by atoms with Gasteiger partial charge in [0.2, 0.25) is 0 Å². The second-order valence-electron chi connectivity index (χ2n) is 7.25. The number of carbonyl (C=O) groups is 1. The lowest BCUT2D eigenvalue weighted by molar-refractivity contribution is -0.129. The zero-order valence-electron chi connectivity index (χ0n) is 14.9. The van der Waals surface area contributed by atoms with Gasteiger partial charge in [-0.25, -0.2) is 0 Å². The number of likely N-dealkylation sites (N-methyl/N-ethyl adjacent to an activating group) is 1. The van der Waals surface area contributed by atoms with E-state index in [1.165, 1.54) is 0 Å². The maximum absolute atomic E-state index is 12.6. The molecule has 1 aromatic rings. The number of ketones is 1. The Morgan fingerprint density at radius 3 is 2.50 bits per heavy atom. The van der Waals surface area contributed by atoms with Gasteiger partial charge in [-0.2, -0.15) is 0 Å². The minimum Gasteiger partial charge on any atom is -0.395 e. The van der Waals surface area contributed by atoms with Gasteiger partial charge in [0.25, 0.3) is 0 Å². The fourth-order valence-electron chi connectivity index (χ4n) is 2.19. The van der Waals surface area contributed by atoms with Crippen molar-refractivity contribution in [1.29, 1.82) is 0 Å². The third-order valence-corrected chi connectivity index (χ3v) is 4.80. The third kappa shape index (κ3) is 3.96. The number of nitrogens with zero attached hydrogens (tertiary/aromatic N) is 2. The van der Waals surface area contributed by atoms with Gasteiger partial charge in [-0.3, -0.25) is 9.69 Å². The molecule has 1 heterocycles. The molecule has 0 aliphatic heterocycles. The first kappa shape index (κ1) is 18.8. The summed E-state index contributed by atoms with van der Waals surface area (Å²) in [7, 11) is 1.98. The Labute approximate surface area is 133 Å². The molecule has 126 valence electrons. The van der Waals surface area contributed by atoms with E-state index in [-0.39, 0.29) is 18.8 Å². The van der Waals surface area contributed by atoms with Crippen LogP contribution in [0.2, 0.25) is 0 Å². The van der Waals surface area contributed by atoms with Gasteiger partial charge < -0.3 is 9.63 Å². The van der Waals surface area contributed by atoms with Crippen molar-refractivity contribution in [2.45, 2.75) is 71.4 Å². The van der Waals surface area contributed by atoms with E-state index < -0.39 is 11.0 Å². The van der Waals surface area contributed by atoms with E-state index in [2.05, 4.69) is 23.9 Å². The van der Waals surface area contributed by atoms with Crippen molar-refractivity contribution in [3.05, 3.63) is 17.5 Å². The number of aliphatic hydroxyl groups excluding tert-OH is 1. The quantitative estimate of drug-likeness (QED) is 0.799. The average molecular weight is 310 g/mol. The summed E-state index contributed by atoms with van der Waals surface area (Å²) in [6.07, 6.45) is 1.20. The molecule has 5 heteroatoms. The third-order valence-electron chi connectivity index (χ3n) is 4.80. The van der Waals surface area contributed by atoms with Crippen LogP contribution in [-0.4, -0.2) is 46.2 Å². The fraction of sp³-hybridized carbons (Fsp3) is 0.765.